The molecule has 0 bridgehead atoms. The van der Waals surface area contributed by atoms with E-state index < -0.39 is 10.1 Å². The molecule has 2 aromatic carbocycles. The summed E-state index contributed by atoms with van der Waals surface area (Å²) in [6.07, 6.45) is 0. The van der Waals surface area contributed by atoms with Gasteiger partial charge in [0.2, 0.25) is 5.39 Å². The Labute approximate surface area is 91.7 Å². The van der Waals surface area contributed by atoms with E-state index in [0.29, 0.717) is 5.39 Å². The lowest BCUT2D eigenvalue weighted by Gasteiger charge is -2.08. The first kappa shape index (κ1) is 10.5. The minimum atomic E-state index is -4.53. The van der Waals surface area contributed by atoms with E-state index in [-0.39, 0.29) is 16.0 Å². The maximum Gasteiger partial charge on any atom is 0.392 e. The average molecular weight is 234 g/mol. The van der Waals surface area contributed by atoms with Crippen LogP contribution in [-0.2, 0) is 10.1 Å². The molecule has 0 radical (unpaired) electrons. The first-order valence-electron chi connectivity index (χ1n) is 4.37. The molecule has 2 aromatic rings. The third-order valence-corrected chi connectivity index (χ3v) is 3.13. The molecule has 0 unspecified atom stereocenters. The number of nitrogens with zero attached hydrogens (tertiary/aromatic N) is 2. The lowest BCUT2D eigenvalue weighted by molar-refractivity contribution is 0.464. The SMILES string of the molecule is N#[N+]c1ccc(S(=O)(=O)[O-])c2ccccc12. The van der Waals surface area contributed by atoms with Crippen LogP contribution < -0.4 is 0 Å². The van der Waals surface area contributed by atoms with Crippen LogP contribution in [0.4, 0.5) is 5.69 Å². The molecule has 0 aliphatic heterocycles. The monoisotopic (exact) mass is 234 g/mol. The van der Waals surface area contributed by atoms with Crippen molar-refractivity contribution in [2.24, 2.45) is 0 Å². The van der Waals surface area contributed by atoms with Gasteiger partial charge in [-0.1, -0.05) is 18.2 Å². The lowest BCUT2D eigenvalue weighted by atomic mass is 10.1. The predicted molar refractivity (Wildman–Crippen MR) is 56.7 cm³/mol. The molecule has 16 heavy (non-hydrogen) atoms. The van der Waals surface area contributed by atoms with Crippen molar-refractivity contribution in [2.75, 3.05) is 0 Å². The molecule has 0 saturated carbocycles. The van der Waals surface area contributed by atoms with Crippen molar-refractivity contribution in [2.45, 2.75) is 4.90 Å². The molecule has 80 valence electrons. The molecule has 0 aliphatic carbocycles. The van der Waals surface area contributed by atoms with Gasteiger partial charge in [0.15, 0.2) is 4.98 Å². The molecule has 2 rings (SSSR count). The van der Waals surface area contributed by atoms with E-state index in [1.54, 1.807) is 18.2 Å². The largest absolute Gasteiger partial charge is 0.744 e. The molecular weight excluding hydrogens is 228 g/mol. The second-order valence-electron chi connectivity index (χ2n) is 3.18. The van der Waals surface area contributed by atoms with Gasteiger partial charge in [-0.15, -0.1) is 0 Å². The van der Waals surface area contributed by atoms with E-state index in [2.05, 4.69) is 4.98 Å². The van der Waals surface area contributed by atoms with Gasteiger partial charge in [-0.2, -0.15) is 0 Å². The van der Waals surface area contributed by atoms with Crippen molar-refractivity contribution in [3.8, 4) is 0 Å². The molecule has 5 nitrogen and oxygen atoms in total. The summed E-state index contributed by atoms with van der Waals surface area (Å²) in [7, 11) is -4.53. The summed E-state index contributed by atoms with van der Waals surface area (Å²) >= 11 is 0. The van der Waals surface area contributed by atoms with Crippen LogP contribution in [0.3, 0.4) is 0 Å². The van der Waals surface area contributed by atoms with Crippen LogP contribution in [0.15, 0.2) is 41.3 Å². The maximum atomic E-state index is 11.0. The minimum absolute atomic E-state index is 0.225. The van der Waals surface area contributed by atoms with Crippen molar-refractivity contribution in [1.82, 2.24) is 0 Å². The van der Waals surface area contributed by atoms with Gasteiger partial charge in [-0.25, -0.2) is 8.42 Å². The zero-order valence-corrected chi connectivity index (χ0v) is 8.81. The van der Waals surface area contributed by atoms with Gasteiger partial charge in [-0.05, 0) is 12.1 Å². The van der Waals surface area contributed by atoms with Gasteiger partial charge in [0.1, 0.15) is 10.1 Å². The van der Waals surface area contributed by atoms with Gasteiger partial charge >= 0.3 is 5.69 Å². The van der Waals surface area contributed by atoms with Crippen LogP contribution in [0.2, 0.25) is 0 Å². The fourth-order valence-corrected chi connectivity index (χ4v) is 2.24. The Bertz CT molecular complexity index is 702. The Hall–Kier alpha value is -1.97. The van der Waals surface area contributed by atoms with Crippen LogP contribution >= 0.6 is 0 Å². The van der Waals surface area contributed by atoms with Gasteiger partial charge in [0.05, 0.1) is 10.3 Å². The molecule has 0 aromatic heterocycles. The van der Waals surface area contributed by atoms with Crippen LogP contribution in [0, 0.1) is 5.39 Å². The Morgan fingerprint density at radius 1 is 1.06 bits per heavy atom. The van der Waals surface area contributed by atoms with Crippen molar-refractivity contribution in [3.05, 3.63) is 41.4 Å². The fraction of sp³-hybridized carbons (Fsp3) is 0. The van der Waals surface area contributed by atoms with Crippen LogP contribution in [-0.4, -0.2) is 13.0 Å². The number of benzene rings is 2. The average Bonchev–Trinajstić information content (AvgIpc) is 2.26. The Kier molecular flexibility index (Phi) is 2.34. The number of hydrogen-bond donors (Lipinski definition) is 0. The van der Waals surface area contributed by atoms with E-state index >= 15 is 0 Å². The highest BCUT2D eigenvalue weighted by molar-refractivity contribution is 7.86. The van der Waals surface area contributed by atoms with E-state index in [0.717, 1.165) is 6.07 Å². The molecule has 0 fully saturated rings. The summed E-state index contributed by atoms with van der Waals surface area (Å²) in [5.74, 6) is 0. The number of rotatable bonds is 1. The third kappa shape index (κ3) is 1.62. The molecule has 0 amide bonds. The molecule has 0 aliphatic rings. The van der Waals surface area contributed by atoms with E-state index in [4.69, 9.17) is 5.39 Å². The molecule has 0 saturated heterocycles. The second kappa shape index (κ2) is 3.56. The lowest BCUT2D eigenvalue weighted by Crippen LogP contribution is -1.99. The zero-order chi connectivity index (χ0) is 11.8. The molecule has 6 heteroatoms. The topological polar surface area (TPSA) is 85.3 Å². The Balaban J connectivity index is 2.98. The standard InChI is InChI=1S/C10H6N2O3S/c11-12-9-5-6-10(16(13,14)15)8-4-2-1-3-7(8)9/h1-6H. The van der Waals surface area contributed by atoms with Gasteiger partial charge in [0, 0.05) is 11.5 Å². The van der Waals surface area contributed by atoms with E-state index in [9.17, 15) is 13.0 Å². The smallest absolute Gasteiger partial charge is 0.392 e. The highest BCUT2D eigenvalue weighted by Crippen LogP contribution is 2.30. The molecule has 0 atom stereocenters. The predicted octanol–water partition coefficient (Wildman–Crippen LogP) is 2.23. The summed E-state index contributed by atoms with van der Waals surface area (Å²) < 4.78 is 33.0. The van der Waals surface area contributed by atoms with Crippen molar-refractivity contribution < 1.29 is 13.0 Å². The maximum absolute atomic E-state index is 11.0. The summed E-state index contributed by atoms with van der Waals surface area (Å²) in [4.78, 5) is 2.72. The Morgan fingerprint density at radius 2 is 1.69 bits per heavy atom. The molecule has 0 N–H and O–H groups in total. The quantitative estimate of drug-likeness (QED) is 0.559. The fourth-order valence-electron chi connectivity index (χ4n) is 1.56. The zero-order valence-electron chi connectivity index (χ0n) is 7.99. The third-order valence-electron chi connectivity index (χ3n) is 2.24. The number of fused-ring (bicyclic) bond motifs is 1. The number of diazo groups is 1. The molecular formula is C10H6N2O3S. The number of hydrogen-bond acceptors (Lipinski definition) is 4. The summed E-state index contributed by atoms with van der Waals surface area (Å²) in [5.41, 5.74) is 0.225. The molecule has 0 heterocycles. The summed E-state index contributed by atoms with van der Waals surface area (Å²) in [6, 6.07) is 8.77. The van der Waals surface area contributed by atoms with Crippen LogP contribution in [0.1, 0.15) is 0 Å². The van der Waals surface area contributed by atoms with Gasteiger partial charge in [0.25, 0.3) is 0 Å². The van der Waals surface area contributed by atoms with E-state index in [1.807, 2.05) is 0 Å². The molecule has 0 spiro atoms. The van der Waals surface area contributed by atoms with Crippen LogP contribution in [0.25, 0.3) is 15.7 Å². The van der Waals surface area contributed by atoms with Gasteiger partial charge in [-0.3, -0.25) is 0 Å². The van der Waals surface area contributed by atoms with Crippen molar-refractivity contribution >= 4 is 26.6 Å². The normalized spacial score (nSPS) is 11.2. The Morgan fingerprint density at radius 3 is 2.25 bits per heavy atom. The first-order valence-corrected chi connectivity index (χ1v) is 5.77. The van der Waals surface area contributed by atoms with Crippen molar-refractivity contribution in [1.29, 1.82) is 5.39 Å². The highest BCUT2D eigenvalue weighted by Gasteiger charge is 2.16. The highest BCUT2D eigenvalue weighted by atomic mass is 32.2. The summed E-state index contributed by atoms with van der Waals surface area (Å²) in [5, 5.41) is 9.40. The second-order valence-corrected chi connectivity index (χ2v) is 4.53. The first-order chi connectivity index (χ1) is 7.54. The van der Waals surface area contributed by atoms with E-state index in [1.165, 1.54) is 12.1 Å². The minimum Gasteiger partial charge on any atom is -0.744 e. The summed E-state index contributed by atoms with van der Waals surface area (Å²) in [6.45, 7) is 0. The van der Waals surface area contributed by atoms with Crippen molar-refractivity contribution in [3.63, 3.8) is 0 Å². The van der Waals surface area contributed by atoms with Crippen LogP contribution in [0.5, 0.6) is 0 Å². The van der Waals surface area contributed by atoms with Gasteiger partial charge < -0.3 is 4.55 Å².